The van der Waals surface area contributed by atoms with Crippen LogP contribution in [0.2, 0.25) is 0 Å². The Bertz CT molecular complexity index is 1070. The number of rotatable bonds is 7. The molecule has 2 saturated carbocycles. The Labute approximate surface area is 253 Å². The Morgan fingerprint density at radius 3 is 2.19 bits per heavy atom. The number of fused-ring (bicyclic) bond motifs is 1. The molecule has 246 valence electrons. The number of hydrogen-bond acceptors (Lipinski definition) is 7. The molecule has 5 fully saturated rings. The standard InChI is InChI=1S/C29H48F3N5O5S/c1-42-28(39)34-22-7-9-23(10-8-22)43(40,41)36-14-11-20(12-15-36)21-13-16-37-24(17-21)25(26(35-37)29(30,31)32)27(38)33-18-19-5-3-2-4-6-19/h19-26,35H,2-18H2,1H3,(H,33,38)(H,34,39). The number of carbonyl (C=O) groups excluding carboxylic acids is 2. The van der Waals surface area contributed by atoms with E-state index in [1.54, 1.807) is 9.31 Å². The van der Waals surface area contributed by atoms with Gasteiger partial charge in [-0.15, -0.1) is 0 Å². The van der Waals surface area contributed by atoms with Crippen LogP contribution >= 0.6 is 0 Å². The van der Waals surface area contributed by atoms with Crippen molar-refractivity contribution in [2.75, 3.05) is 33.3 Å². The van der Waals surface area contributed by atoms with Crippen molar-refractivity contribution < 1.29 is 35.9 Å². The lowest BCUT2D eigenvalue weighted by molar-refractivity contribution is -0.169. The van der Waals surface area contributed by atoms with Crippen LogP contribution in [-0.4, -0.2) is 92.6 Å². The first-order valence-electron chi connectivity index (χ1n) is 16.2. The lowest BCUT2D eigenvalue weighted by Crippen LogP contribution is -2.50. The highest BCUT2D eigenvalue weighted by molar-refractivity contribution is 7.89. The number of amides is 2. The van der Waals surface area contributed by atoms with Gasteiger partial charge in [0.15, 0.2) is 0 Å². The third kappa shape index (κ3) is 7.61. The largest absolute Gasteiger partial charge is 0.453 e. The van der Waals surface area contributed by atoms with Crippen molar-refractivity contribution in [3.63, 3.8) is 0 Å². The quantitative estimate of drug-likeness (QED) is 0.392. The molecule has 2 aliphatic carbocycles. The summed E-state index contributed by atoms with van der Waals surface area (Å²) in [7, 11) is -2.18. The molecule has 14 heteroatoms. The second-order valence-electron chi connectivity index (χ2n) is 13.4. The second-order valence-corrected chi connectivity index (χ2v) is 15.6. The Kier molecular flexibility index (Phi) is 10.5. The summed E-state index contributed by atoms with van der Waals surface area (Å²) < 4.78 is 75.4. The van der Waals surface area contributed by atoms with Crippen molar-refractivity contribution in [1.29, 1.82) is 0 Å². The molecule has 0 aromatic rings. The average molecular weight is 636 g/mol. The van der Waals surface area contributed by atoms with Crippen LogP contribution in [0.5, 0.6) is 0 Å². The molecule has 43 heavy (non-hydrogen) atoms. The van der Waals surface area contributed by atoms with Crippen molar-refractivity contribution in [1.82, 2.24) is 25.4 Å². The fourth-order valence-electron chi connectivity index (χ4n) is 8.34. The molecule has 4 atom stereocenters. The van der Waals surface area contributed by atoms with Gasteiger partial charge in [-0.3, -0.25) is 4.79 Å². The van der Waals surface area contributed by atoms with Gasteiger partial charge in [0, 0.05) is 38.3 Å². The molecule has 2 amide bonds. The van der Waals surface area contributed by atoms with E-state index in [4.69, 9.17) is 0 Å². The van der Waals surface area contributed by atoms with Crippen LogP contribution in [0.25, 0.3) is 0 Å². The number of hydrogen-bond donors (Lipinski definition) is 3. The molecule has 3 aliphatic heterocycles. The number of piperidine rings is 2. The maximum Gasteiger partial charge on any atom is 0.407 e. The lowest BCUT2D eigenvalue weighted by atomic mass is 9.74. The fraction of sp³-hybridized carbons (Fsp3) is 0.931. The van der Waals surface area contributed by atoms with E-state index in [-0.39, 0.29) is 17.9 Å². The summed E-state index contributed by atoms with van der Waals surface area (Å²) >= 11 is 0. The highest BCUT2D eigenvalue weighted by Crippen LogP contribution is 2.43. The molecular weight excluding hydrogens is 587 g/mol. The van der Waals surface area contributed by atoms with Gasteiger partial charge in [-0.2, -0.15) is 13.2 Å². The zero-order chi connectivity index (χ0) is 30.8. The number of halogens is 3. The first-order chi connectivity index (χ1) is 20.5. The Morgan fingerprint density at radius 1 is 0.907 bits per heavy atom. The molecule has 5 aliphatic rings. The van der Waals surface area contributed by atoms with E-state index in [1.807, 2.05) is 0 Å². The summed E-state index contributed by atoms with van der Waals surface area (Å²) in [6, 6.07) is -2.52. The molecular formula is C29H48F3N5O5S. The summed E-state index contributed by atoms with van der Waals surface area (Å²) in [5.74, 6) is -1.01. The van der Waals surface area contributed by atoms with Gasteiger partial charge in [-0.1, -0.05) is 19.3 Å². The van der Waals surface area contributed by atoms with Crippen LogP contribution < -0.4 is 16.1 Å². The first-order valence-corrected chi connectivity index (χ1v) is 17.7. The monoisotopic (exact) mass is 635 g/mol. The highest BCUT2D eigenvalue weighted by atomic mass is 32.2. The molecule has 0 aromatic heterocycles. The number of alkyl carbamates (subject to hydrolysis) is 1. The van der Waals surface area contributed by atoms with E-state index in [0.717, 1.165) is 32.1 Å². The van der Waals surface area contributed by atoms with Gasteiger partial charge < -0.3 is 15.4 Å². The summed E-state index contributed by atoms with van der Waals surface area (Å²) in [5.41, 5.74) is 2.64. The van der Waals surface area contributed by atoms with Crippen molar-refractivity contribution in [3.8, 4) is 0 Å². The maximum absolute atomic E-state index is 14.1. The predicted molar refractivity (Wildman–Crippen MR) is 154 cm³/mol. The van der Waals surface area contributed by atoms with Crippen LogP contribution in [-0.2, 0) is 19.6 Å². The van der Waals surface area contributed by atoms with Crippen LogP contribution in [0.1, 0.15) is 83.5 Å². The fourth-order valence-corrected chi connectivity index (χ4v) is 10.3. The number of nitrogens with one attached hydrogen (secondary N) is 3. The molecule has 0 spiro atoms. The van der Waals surface area contributed by atoms with Crippen molar-refractivity contribution in [2.24, 2.45) is 23.7 Å². The van der Waals surface area contributed by atoms with Gasteiger partial charge in [-0.05, 0) is 82.0 Å². The number of hydrazine groups is 1. The van der Waals surface area contributed by atoms with Crippen molar-refractivity contribution >= 4 is 22.0 Å². The minimum absolute atomic E-state index is 0.0873. The minimum Gasteiger partial charge on any atom is -0.453 e. The minimum atomic E-state index is -4.53. The predicted octanol–water partition coefficient (Wildman–Crippen LogP) is 3.54. The number of carbonyl (C=O) groups is 2. The van der Waals surface area contributed by atoms with E-state index < -0.39 is 51.5 Å². The average Bonchev–Trinajstić information content (AvgIpc) is 3.40. The first kappa shape index (κ1) is 32.7. The molecule has 3 heterocycles. The van der Waals surface area contributed by atoms with Gasteiger partial charge in [0.05, 0.1) is 18.3 Å². The molecule has 0 bridgehead atoms. The summed E-state index contributed by atoms with van der Waals surface area (Å²) in [6.07, 6.45) is 5.03. The molecule has 4 unspecified atom stereocenters. The lowest BCUT2D eigenvalue weighted by Gasteiger charge is -2.42. The van der Waals surface area contributed by atoms with E-state index in [1.165, 1.54) is 13.5 Å². The van der Waals surface area contributed by atoms with Gasteiger partial charge >= 0.3 is 12.3 Å². The summed E-state index contributed by atoms with van der Waals surface area (Å²) in [4.78, 5) is 24.8. The summed E-state index contributed by atoms with van der Waals surface area (Å²) in [5, 5.41) is 6.81. The SMILES string of the molecule is COC(=O)NC1CCC(S(=O)(=O)N2CCC(C3CCN4NC(C(F)(F)F)C(C(=O)NCC5CCCCC5)C4C3)CC2)CC1. The van der Waals surface area contributed by atoms with E-state index in [2.05, 4.69) is 20.8 Å². The van der Waals surface area contributed by atoms with Gasteiger partial charge in [-0.25, -0.2) is 28.0 Å². The van der Waals surface area contributed by atoms with Crippen LogP contribution in [0.15, 0.2) is 0 Å². The molecule has 3 N–H and O–H groups in total. The Hall–Kier alpha value is -1.64. The van der Waals surface area contributed by atoms with E-state index in [0.29, 0.717) is 77.0 Å². The number of nitrogens with zero attached hydrogens (tertiary/aromatic N) is 2. The summed E-state index contributed by atoms with van der Waals surface area (Å²) in [6.45, 7) is 1.70. The normalized spacial score (nSPS) is 34.0. The van der Waals surface area contributed by atoms with Crippen LogP contribution in [0.4, 0.5) is 18.0 Å². The Morgan fingerprint density at radius 2 is 1.56 bits per heavy atom. The number of methoxy groups -OCH3 is 1. The maximum atomic E-state index is 14.1. The molecule has 0 aromatic carbocycles. The molecule has 3 saturated heterocycles. The van der Waals surface area contributed by atoms with Crippen molar-refractivity contribution in [2.45, 2.75) is 113 Å². The van der Waals surface area contributed by atoms with Gasteiger partial charge in [0.25, 0.3) is 0 Å². The van der Waals surface area contributed by atoms with Crippen LogP contribution in [0.3, 0.4) is 0 Å². The third-order valence-corrected chi connectivity index (χ3v) is 13.2. The Balaban J connectivity index is 1.15. The molecule has 0 radical (unpaired) electrons. The van der Waals surface area contributed by atoms with Crippen LogP contribution in [0, 0.1) is 23.7 Å². The van der Waals surface area contributed by atoms with Gasteiger partial charge in [0.1, 0.15) is 6.04 Å². The number of sulfonamides is 1. The third-order valence-electron chi connectivity index (χ3n) is 10.8. The van der Waals surface area contributed by atoms with Crippen molar-refractivity contribution in [3.05, 3.63) is 0 Å². The molecule has 5 rings (SSSR count). The molecule has 10 nitrogen and oxygen atoms in total. The highest BCUT2D eigenvalue weighted by Gasteiger charge is 2.58. The zero-order valence-corrected chi connectivity index (χ0v) is 25.9. The van der Waals surface area contributed by atoms with E-state index in [9.17, 15) is 31.2 Å². The van der Waals surface area contributed by atoms with E-state index >= 15 is 0 Å². The number of alkyl halides is 3. The second kappa shape index (κ2) is 13.8. The zero-order valence-electron chi connectivity index (χ0n) is 25.1. The smallest absolute Gasteiger partial charge is 0.407 e. The van der Waals surface area contributed by atoms with Gasteiger partial charge in [0.2, 0.25) is 15.9 Å². The number of ether oxygens (including phenoxy) is 1. The topological polar surface area (TPSA) is 120 Å².